The summed E-state index contributed by atoms with van der Waals surface area (Å²) in [6.45, 7) is 1.71. The first kappa shape index (κ1) is 14.5. The fraction of sp³-hybridized carbons (Fsp3) is 0.357. The van der Waals surface area contributed by atoms with Crippen molar-refractivity contribution in [3.05, 3.63) is 35.4 Å². The number of hydrogen-bond donors (Lipinski definition) is 1. The Labute approximate surface area is 121 Å². The molecule has 1 atom stereocenters. The number of rotatable bonds is 3. The number of nitrogens with zero attached hydrogens (tertiary/aromatic N) is 1. The fourth-order valence-corrected chi connectivity index (χ4v) is 2.37. The lowest BCUT2D eigenvalue weighted by molar-refractivity contribution is -0.138. The van der Waals surface area contributed by atoms with Gasteiger partial charge in [-0.2, -0.15) is 0 Å². The van der Waals surface area contributed by atoms with E-state index in [0.717, 1.165) is 5.56 Å². The van der Waals surface area contributed by atoms with Gasteiger partial charge in [-0.25, -0.2) is 0 Å². The third-order valence-electron chi connectivity index (χ3n) is 3.26. The van der Waals surface area contributed by atoms with Crippen molar-refractivity contribution in [1.82, 2.24) is 10.2 Å². The first-order chi connectivity index (χ1) is 9.56. The zero-order valence-electron chi connectivity index (χ0n) is 11.1. The molecule has 1 aliphatic rings. The molecule has 1 unspecified atom stereocenters. The number of alkyl halides is 1. The van der Waals surface area contributed by atoms with Crippen molar-refractivity contribution in [2.45, 2.75) is 25.3 Å². The van der Waals surface area contributed by atoms with E-state index in [4.69, 9.17) is 11.6 Å². The summed E-state index contributed by atoms with van der Waals surface area (Å²) in [5, 5.41) is 2.25. The minimum atomic E-state index is -0.604. The molecule has 0 bridgehead atoms. The number of carbonyl (C=O) groups is 3. The number of imide groups is 1. The number of nitrogens with one attached hydrogen (secondary N) is 1. The van der Waals surface area contributed by atoms with E-state index in [9.17, 15) is 14.4 Å². The Morgan fingerprint density at radius 2 is 2.00 bits per heavy atom. The molecule has 0 radical (unpaired) electrons. The predicted molar refractivity (Wildman–Crippen MR) is 74.3 cm³/mol. The van der Waals surface area contributed by atoms with Gasteiger partial charge < -0.3 is 4.90 Å². The Hall–Kier alpha value is -1.88. The number of piperazine rings is 1. The lowest BCUT2D eigenvalue weighted by atomic mass is 10.1. The average Bonchev–Trinajstić information content (AvgIpc) is 2.46. The highest BCUT2D eigenvalue weighted by atomic mass is 35.5. The minimum absolute atomic E-state index is 0.0969. The van der Waals surface area contributed by atoms with Crippen LogP contribution in [0.25, 0.3) is 0 Å². The quantitative estimate of drug-likeness (QED) is 0.675. The molecule has 0 aliphatic carbocycles. The molecule has 6 heteroatoms. The maximum atomic E-state index is 12.4. The van der Waals surface area contributed by atoms with Crippen molar-refractivity contribution in [3.63, 3.8) is 0 Å². The molecule has 1 aromatic carbocycles. The molecule has 1 aliphatic heterocycles. The molecule has 0 aromatic heterocycles. The third-order valence-corrected chi connectivity index (χ3v) is 3.57. The van der Waals surface area contributed by atoms with Gasteiger partial charge in [-0.1, -0.05) is 19.1 Å². The van der Waals surface area contributed by atoms with Crippen LogP contribution in [0.2, 0.25) is 0 Å². The Kier molecular flexibility index (Phi) is 4.39. The van der Waals surface area contributed by atoms with Gasteiger partial charge in [0.2, 0.25) is 11.8 Å². The summed E-state index contributed by atoms with van der Waals surface area (Å²) in [4.78, 5) is 36.9. The molecule has 3 amide bonds. The molecule has 1 saturated heterocycles. The molecule has 5 nitrogen and oxygen atoms in total. The van der Waals surface area contributed by atoms with E-state index < -0.39 is 17.9 Å². The fourth-order valence-electron chi connectivity index (χ4n) is 2.19. The van der Waals surface area contributed by atoms with Gasteiger partial charge in [0.05, 0.1) is 0 Å². The first-order valence-corrected chi connectivity index (χ1v) is 6.89. The smallest absolute Gasteiger partial charge is 0.255 e. The van der Waals surface area contributed by atoms with Crippen molar-refractivity contribution in [3.8, 4) is 0 Å². The van der Waals surface area contributed by atoms with Crippen molar-refractivity contribution in [2.24, 2.45) is 0 Å². The van der Waals surface area contributed by atoms with E-state index in [2.05, 4.69) is 5.32 Å². The summed E-state index contributed by atoms with van der Waals surface area (Å²) >= 11 is 5.70. The number of halogens is 1. The highest BCUT2D eigenvalue weighted by molar-refractivity contribution is 6.17. The number of benzene rings is 1. The Balaban J connectivity index is 2.24. The molecule has 1 aromatic rings. The van der Waals surface area contributed by atoms with Gasteiger partial charge in [0, 0.05) is 11.4 Å². The maximum absolute atomic E-state index is 12.4. The highest BCUT2D eigenvalue weighted by Crippen LogP contribution is 2.15. The molecule has 2 rings (SSSR count). The molecule has 1 heterocycles. The van der Waals surface area contributed by atoms with Crippen LogP contribution in [0.3, 0.4) is 0 Å². The van der Waals surface area contributed by atoms with E-state index in [-0.39, 0.29) is 12.5 Å². The van der Waals surface area contributed by atoms with Crippen molar-refractivity contribution in [1.29, 1.82) is 0 Å². The maximum Gasteiger partial charge on any atom is 0.255 e. The van der Waals surface area contributed by atoms with E-state index in [1.165, 1.54) is 4.90 Å². The van der Waals surface area contributed by atoms with Crippen LogP contribution >= 0.6 is 11.6 Å². The summed E-state index contributed by atoms with van der Waals surface area (Å²) in [5.74, 6) is -0.822. The van der Waals surface area contributed by atoms with Crippen LogP contribution in [-0.2, 0) is 15.5 Å². The Bertz CT molecular complexity index is 542. The van der Waals surface area contributed by atoms with Gasteiger partial charge in [0.1, 0.15) is 12.6 Å². The molecule has 0 saturated carbocycles. The molecule has 1 fully saturated rings. The van der Waals surface area contributed by atoms with Gasteiger partial charge >= 0.3 is 0 Å². The molecule has 1 N–H and O–H groups in total. The van der Waals surface area contributed by atoms with Gasteiger partial charge in [-0.15, -0.1) is 11.6 Å². The van der Waals surface area contributed by atoms with Crippen LogP contribution in [0.5, 0.6) is 0 Å². The normalized spacial score (nSPS) is 18.9. The highest BCUT2D eigenvalue weighted by Gasteiger charge is 2.35. The second-order valence-corrected chi connectivity index (χ2v) is 4.87. The van der Waals surface area contributed by atoms with Crippen LogP contribution in [0.1, 0.15) is 29.3 Å². The van der Waals surface area contributed by atoms with Crippen LogP contribution in [0, 0.1) is 0 Å². The molecular formula is C14H15ClN2O3. The summed E-state index contributed by atoms with van der Waals surface area (Å²) in [5.41, 5.74) is 1.35. The second-order valence-electron chi connectivity index (χ2n) is 4.60. The average molecular weight is 295 g/mol. The molecule has 20 heavy (non-hydrogen) atoms. The lowest BCUT2D eigenvalue weighted by Gasteiger charge is -2.33. The third kappa shape index (κ3) is 2.82. The van der Waals surface area contributed by atoms with E-state index in [1.807, 2.05) is 0 Å². The van der Waals surface area contributed by atoms with Crippen LogP contribution in [0.4, 0.5) is 0 Å². The largest absolute Gasteiger partial charge is 0.317 e. The minimum Gasteiger partial charge on any atom is -0.317 e. The molecule has 0 spiro atoms. The van der Waals surface area contributed by atoms with Gasteiger partial charge in [0.15, 0.2) is 0 Å². The van der Waals surface area contributed by atoms with Crippen LogP contribution in [-0.4, -0.2) is 35.2 Å². The van der Waals surface area contributed by atoms with Crippen molar-refractivity contribution in [2.75, 3.05) is 6.54 Å². The Morgan fingerprint density at radius 1 is 1.35 bits per heavy atom. The first-order valence-electron chi connectivity index (χ1n) is 6.36. The zero-order valence-corrected chi connectivity index (χ0v) is 11.8. The summed E-state index contributed by atoms with van der Waals surface area (Å²) in [6, 6.07) is 6.22. The van der Waals surface area contributed by atoms with Gasteiger partial charge in [0.25, 0.3) is 5.91 Å². The Morgan fingerprint density at radius 3 is 2.55 bits per heavy atom. The SMILES string of the molecule is CCC1C(=O)NC(=O)CN1C(=O)c1ccc(CCl)cc1. The number of hydrogen-bond acceptors (Lipinski definition) is 3. The van der Waals surface area contributed by atoms with Crippen molar-refractivity contribution >= 4 is 29.3 Å². The van der Waals surface area contributed by atoms with Crippen LogP contribution in [0.15, 0.2) is 24.3 Å². The molecule has 106 valence electrons. The van der Waals surface area contributed by atoms with Gasteiger partial charge in [-0.3, -0.25) is 19.7 Å². The number of amides is 3. The van der Waals surface area contributed by atoms with E-state index in [0.29, 0.717) is 17.9 Å². The zero-order chi connectivity index (χ0) is 14.7. The monoisotopic (exact) mass is 294 g/mol. The van der Waals surface area contributed by atoms with E-state index in [1.54, 1.807) is 31.2 Å². The van der Waals surface area contributed by atoms with E-state index >= 15 is 0 Å². The summed E-state index contributed by atoms with van der Waals surface area (Å²) < 4.78 is 0. The second kappa shape index (κ2) is 6.05. The predicted octanol–water partition coefficient (Wildman–Crippen LogP) is 1.30. The summed E-state index contributed by atoms with van der Waals surface area (Å²) in [7, 11) is 0. The standard InChI is InChI=1S/C14H15ClN2O3/c1-2-11-13(19)16-12(18)8-17(11)14(20)10-5-3-9(7-15)4-6-10/h3-6,11H,2,7-8H2,1H3,(H,16,18,19). The summed E-state index contributed by atoms with van der Waals surface area (Å²) in [6.07, 6.45) is 0.463. The lowest BCUT2D eigenvalue weighted by Crippen LogP contribution is -2.59. The van der Waals surface area contributed by atoms with Crippen LogP contribution < -0.4 is 5.32 Å². The molecular weight excluding hydrogens is 280 g/mol. The number of carbonyl (C=O) groups excluding carboxylic acids is 3. The van der Waals surface area contributed by atoms with Gasteiger partial charge in [-0.05, 0) is 24.1 Å². The van der Waals surface area contributed by atoms with Crippen molar-refractivity contribution < 1.29 is 14.4 Å². The topological polar surface area (TPSA) is 66.5 Å².